The van der Waals surface area contributed by atoms with E-state index in [0.717, 1.165) is 140 Å². The molecule has 8 N–H and O–H groups in total. The Labute approximate surface area is 684 Å². The number of carbonyl (C=O) groups excluding carboxylic acids is 8. The third kappa shape index (κ3) is 74.0. The third-order valence-electron chi connectivity index (χ3n) is 19.5. The van der Waals surface area contributed by atoms with E-state index in [1.165, 1.54) is 0 Å². The van der Waals surface area contributed by atoms with E-state index in [4.69, 9.17) is 0 Å². The molecule has 0 radical (unpaired) electrons. The largest absolute Gasteiger partial charge is 0.356 e. The Morgan fingerprint density at radius 3 is 0.339 bits per heavy atom. The Morgan fingerprint density at radius 1 is 0.161 bits per heavy atom. The van der Waals surface area contributed by atoms with Gasteiger partial charge in [0.15, 0.2) is 0 Å². The highest BCUT2D eigenvalue weighted by Gasteiger charge is 2.23. The van der Waals surface area contributed by atoms with Gasteiger partial charge < -0.3 is 108 Å². The molecule has 658 valence electrons. The average Bonchev–Trinajstić information content (AvgIpc) is 0.922. The molecular formula is C82H180N22O8+8. The van der Waals surface area contributed by atoms with Crippen LogP contribution in [0.1, 0.15) is 103 Å². The lowest BCUT2D eigenvalue weighted by Gasteiger charge is -2.33. The van der Waals surface area contributed by atoms with Gasteiger partial charge in [-0.2, -0.15) is 0 Å². The summed E-state index contributed by atoms with van der Waals surface area (Å²) in [6.45, 7) is 21.5. The minimum atomic E-state index is -0.0262. The highest BCUT2D eigenvalue weighted by Crippen LogP contribution is 2.08. The van der Waals surface area contributed by atoms with Crippen molar-refractivity contribution >= 4 is 47.3 Å². The van der Waals surface area contributed by atoms with Crippen molar-refractivity contribution in [2.24, 2.45) is 0 Å². The van der Waals surface area contributed by atoms with E-state index in [2.05, 4.69) is 241 Å². The van der Waals surface area contributed by atoms with Crippen LogP contribution in [0.25, 0.3) is 0 Å². The number of amides is 8. The first kappa shape index (κ1) is 107. The van der Waals surface area contributed by atoms with Gasteiger partial charge in [-0.05, 0) is 0 Å². The van der Waals surface area contributed by atoms with Crippen molar-refractivity contribution in [3.05, 3.63) is 0 Å². The summed E-state index contributed by atoms with van der Waals surface area (Å²) >= 11 is 0. The molecule has 30 heteroatoms. The van der Waals surface area contributed by atoms with Gasteiger partial charge in [-0.1, -0.05) is 0 Å². The summed E-state index contributed by atoms with van der Waals surface area (Å²) in [5.74, 6) is -0.199. The number of rotatable bonds is 71. The zero-order chi connectivity index (χ0) is 85.1. The molecule has 0 aromatic heterocycles. The predicted octanol–water partition coefficient (Wildman–Crippen LogP) is -0.381. The molecule has 0 unspecified atom stereocenters. The molecule has 0 spiro atoms. The summed E-state index contributed by atoms with van der Waals surface area (Å²) in [6.07, 6.45) is 9.06. The quantitative estimate of drug-likeness (QED) is 0.0286. The van der Waals surface area contributed by atoms with E-state index in [1.54, 1.807) is 0 Å². The molecule has 0 bridgehead atoms. The first-order valence-corrected chi connectivity index (χ1v) is 42.7. The molecular weight excluding hydrogens is 1420 g/mol. The van der Waals surface area contributed by atoms with Crippen molar-refractivity contribution < 1.29 is 74.2 Å². The van der Waals surface area contributed by atoms with Crippen LogP contribution in [0.15, 0.2) is 0 Å². The van der Waals surface area contributed by atoms with Gasteiger partial charge in [-0.25, -0.2) is 0 Å². The summed E-state index contributed by atoms with van der Waals surface area (Å²) in [5, 5.41) is 25.3. The third-order valence-corrected chi connectivity index (χ3v) is 19.5. The molecule has 0 atom stereocenters. The zero-order valence-corrected chi connectivity index (χ0v) is 76.9. The van der Waals surface area contributed by atoms with Crippen molar-refractivity contribution in [1.82, 2.24) is 71.9 Å². The lowest BCUT2D eigenvalue weighted by atomic mass is 10.2. The van der Waals surface area contributed by atoms with Crippen LogP contribution in [-0.2, 0) is 38.4 Å². The van der Waals surface area contributed by atoms with Crippen LogP contribution in [-0.4, -0.2) is 504 Å². The summed E-state index contributed by atoms with van der Waals surface area (Å²) < 4.78 is 6.43. The van der Waals surface area contributed by atoms with Gasteiger partial charge in [0.1, 0.15) is 0 Å². The molecule has 0 aliphatic rings. The van der Waals surface area contributed by atoms with Crippen molar-refractivity contribution in [1.29, 1.82) is 0 Å². The molecule has 0 aromatic carbocycles. The minimum Gasteiger partial charge on any atom is -0.356 e. The lowest BCUT2D eigenvalue weighted by Crippen LogP contribution is -2.46. The maximum absolute atomic E-state index is 13.9. The summed E-state index contributed by atoms with van der Waals surface area (Å²) in [5.41, 5.74) is 0. The van der Waals surface area contributed by atoms with E-state index in [-0.39, 0.29) is 98.6 Å². The predicted molar refractivity (Wildman–Crippen MR) is 460 cm³/mol. The normalized spacial score (nSPS) is 12.9. The SMILES string of the molecule is C[N+](C)(C)CCCNC(=O)CCN(CCC(=O)NCCC[N+](C)(C)C)CCN(CCC(=O)NCCC[N+](C)(C)C)CCN(CCC(=O)NCCC[N+](C)(C)C)CCN(CCC(=O)NCCC[N+](C)(C)C)CCN(CCC(=O)NCCC[N+](C)(C)C)CCN(CCC(=O)NCCC[N+](C)(C)C)CCC(=O)NCCC[N+](C)(C)C. The smallest absolute Gasteiger partial charge is 0.221 e. The average molecular weight is 1600 g/mol. The van der Waals surface area contributed by atoms with Gasteiger partial charge in [-0.15, -0.1) is 0 Å². The summed E-state index contributed by atoms with van der Waals surface area (Å²) in [6, 6.07) is 0. The van der Waals surface area contributed by atoms with E-state index in [9.17, 15) is 38.4 Å². The number of nitrogens with zero attached hydrogens (tertiary/aromatic N) is 14. The number of carbonyl (C=O) groups is 8. The van der Waals surface area contributed by atoms with Gasteiger partial charge in [0.2, 0.25) is 47.3 Å². The van der Waals surface area contributed by atoms with Crippen LogP contribution in [0.5, 0.6) is 0 Å². The van der Waals surface area contributed by atoms with Gasteiger partial charge >= 0.3 is 0 Å². The van der Waals surface area contributed by atoms with Crippen LogP contribution in [0.4, 0.5) is 0 Å². The molecule has 0 aromatic rings. The highest BCUT2D eigenvalue weighted by atomic mass is 16.2. The maximum atomic E-state index is 13.9. The molecule has 0 rings (SSSR count). The van der Waals surface area contributed by atoms with Crippen LogP contribution >= 0.6 is 0 Å². The lowest BCUT2D eigenvalue weighted by molar-refractivity contribution is -0.870. The number of quaternary nitrogens is 8. The Balaban J connectivity index is 7.72. The Bertz CT molecular complexity index is 2320. The summed E-state index contributed by atoms with van der Waals surface area (Å²) in [4.78, 5) is 123. The molecule has 0 fully saturated rings. The molecule has 0 saturated carbocycles. The maximum Gasteiger partial charge on any atom is 0.221 e. The van der Waals surface area contributed by atoms with E-state index >= 15 is 0 Å². The molecule has 0 aliphatic heterocycles. The van der Waals surface area contributed by atoms with Crippen LogP contribution in [0.2, 0.25) is 0 Å². The van der Waals surface area contributed by atoms with Crippen LogP contribution in [0, 0.1) is 0 Å². The van der Waals surface area contributed by atoms with Crippen molar-refractivity contribution in [3.8, 4) is 0 Å². The fourth-order valence-electron chi connectivity index (χ4n) is 12.5. The molecule has 112 heavy (non-hydrogen) atoms. The van der Waals surface area contributed by atoms with E-state index < -0.39 is 0 Å². The second-order valence-electron chi connectivity index (χ2n) is 39.8. The standard InChI is InChI=1S/C82H172N22O8/c1-97(2,3)67-25-41-83-75(105)33-49-91(50-34-76(106)84-42-26-68-98(4,5)6)57-59-93(53-37-79(109)87-45-29-71-101(13,14)15)61-63-95(55-39-81(111)89-47-31-73-103(19,20)21)65-66-96(56-40-82(112)90-48-32-74-104(22,23)24)64-62-94(54-38-80(110)88-46-30-72-102(16,17)18)60-58-92(51-35-77(107)85-43-27-69-99(7,8)9)52-36-78(108)86-44-28-70-100(10,11)12/h25-74H2,1-24H3/p+8. The van der Waals surface area contributed by atoms with Crippen molar-refractivity contribution in [2.45, 2.75) is 103 Å². The first-order chi connectivity index (χ1) is 51.8. The zero-order valence-electron chi connectivity index (χ0n) is 76.9. The van der Waals surface area contributed by atoms with Crippen molar-refractivity contribution in [2.75, 3.05) is 392 Å². The molecule has 0 aliphatic carbocycles. The topological polar surface area (TPSA) is 252 Å². The Morgan fingerprint density at radius 2 is 0.250 bits per heavy atom. The van der Waals surface area contributed by atoms with E-state index in [1.807, 2.05) is 0 Å². The van der Waals surface area contributed by atoms with Gasteiger partial charge in [0, 0.05) is 273 Å². The number of nitrogens with one attached hydrogen (secondary N) is 8. The fourth-order valence-corrected chi connectivity index (χ4v) is 12.5. The first-order valence-electron chi connectivity index (χ1n) is 42.7. The fraction of sp³-hybridized carbons (Fsp3) is 0.902. The van der Waals surface area contributed by atoms with Crippen LogP contribution in [0.3, 0.4) is 0 Å². The molecule has 0 heterocycles. The Kier molecular flexibility index (Phi) is 54.9. The van der Waals surface area contributed by atoms with Gasteiger partial charge in [0.25, 0.3) is 0 Å². The molecule has 0 saturated heterocycles. The Hall–Kier alpha value is -4.80. The minimum absolute atomic E-state index is 0.0225. The summed E-state index contributed by atoms with van der Waals surface area (Å²) in [7, 11) is 51.5. The number of hydrogen-bond acceptors (Lipinski definition) is 14. The molecule has 8 amide bonds. The van der Waals surface area contributed by atoms with Crippen LogP contribution < -0.4 is 42.5 Å². The van der Waals surface area contributed by atoms with Gasteiger partial charge in [0.05, 0.1) is 222 Å². The molecule has 30 nitrogen and oxygen atoms in total. The van der Waals surface area contributed by atoms with E-state index in [0.29, 0.717) is 170 Å². The van der Waals surface area contributed by atoms with Crippen molar-refractivity contribution in [3.63, 3.8) is 0 Å². The highest BCUT2D eigenvalue weighted by molar-refractivity contribution is 5.78. The van der Waals surface area contributed by atoms with Gasteiger partial charge in [-0.3, -0.25) is 38.4 Å². The second kappa shape index (κ2) is 57.3. The second-order valence-corrected chi connectivity index (χ2v) is 39.8. The monoisotopic (exact) mass is 1600 g/mol. The number of hydrogen-bond donors (Lipinski definition) is 8.